The average molecular weight is 489 g/mol. The number of nitrogens with one attached hydrogen (secondary N) is 1. The van der Waals surface area contributed by atoms with Crippen LogP contribution in [0.3, 0.4) is 0 Å². The summed E-state index contributed by atoms with van der Waals surface area (Å²) in [5, 5.41) is 3.96. The van der Waals surface area contributed by atoms with Crippen molar-refractivity contribution in [2.24, 2.45) is 5.10 Å². The zero-order chi connectivity index (χ0) is 25.8. The van der Waals surface area contributed by atoms with Gasteiger partial charge in [0.15, 0.2) is 29.6 Å². The van der Waals surface area contributed by atoms with E-state index in [0.29, 0.717) is 41.4 Å². The molecule has 0 saturated carbocycles. The summed E-state index contributed by atoms with van der Waals surface area (Å²) >= 11 is 0. The van der Waals surface area contributed by atoms with Crippen molar-refractivity contribution in [3.8, 4) is 23.0 Å². The first-order chi connectivity index (χ1) is 17.5. The maximum absolute atomic E-state index is 12.4. The van der Waals surface area contributed by atoms with Gasteiger partial charge in [-0.1, -0.05) is 30.3 Å². The fourth-order valence-electron chi connectivity index (χ4n) is 3.17. The van der Waals surface area contributed by atoms with Crippen molar-refractivity contribution in [1.82, 2.24) is 5.43 Å². The Morgan fingerprint density at radius 2 is 1.72 bits per heavy atom. The number of hydrazone groups is 1. The molecule has 0 bridgehead atoms. The van der Waals surface area contributed by atoms with Crippen molar-refractivity contribution in [3.63, 3.8) is 0 Å². The number of esters is 1. The highest BCUT2D eigenvalue weighted by Gasteiger charge is 2.13. The van der Waals surface area contributed by atoms with E-state index in [4.69, 9.17) is 18.9 Å². The number of ether oxygens (including phenoxy) is 4. The number of hydrogen-bond acceptors (Lipinski definition) is 7. The molecule has 8 nitrogen and oxygen atoms in total. The van der Waals surface area contributed by atoms with Crippen LogP contribution in [0.2, 0.25) is 0 Å². The lowest BCUT2D eigenvalue weighted by molar-refractivity contribution is -0.123. The van der Waals surface area contributed by atoms with Gasteiger partial charge < -0.3 is 18.9 Å². The molecule has 1 amide bonds. The van der Waals surface area contributed by atoms with Gasteiger partial charge in [-0.15, -0.1) is 6.58 Å². The minimum Gasteiger partial charge on any atom is -0.493 e. The number of methoxy groups -OCH3 is 1. The van der Waals surface area contributed by atoms with E-state index in [1.54, 1.807) is 54.6 Å². The summed E-state index contributed by atoms with van der Waals surface area (Å²) in [6, 6.07) is 19.1. The Bertz CT molecular complexity index is 1220. The molecule has 0 atom stereocenters. The summed E-state index contributed by atoms with van der Waals surface area (Å²) in [6.07, 6.45) is 3.95. The van der Waals surface area contributed by atoms with Crippen LogP contribution in [0.15, 0.2) is 84.5 Å². The van der Waals surface area contributed by atoms with Gasteiger partial charge in [0.25, 0.3) is 5.91 Å². The van der Waals surface area contributed by atoms with Crippen LogP contribution in [0, 0.1) is 0 Å². The second kappa shape index (κ2) is 13.3. The molecule has 36 heavy (non-hydrogen) atoms. The zero-order valence-electron chi connectivity index (χ0n) is 20.2. The number of hydrogen-bond donors (Lipinski definition) is 1. The van der Waals surface area contributed by atoms with Crippen molar-refractivity contribution in [2.75, 3.05) is 20.3 Å². The van der Waals surface area contributed by atoms with Gasteiger partial charge in [0.2, 0.25) is 0 Å². The molecule has 1 N–H and O–H groups in total. The van der Waals surface area contributed by atoms with Gasteiger partial charge in [-0.3, -0.25) is 4.79 Å². The topological polar surface area (TPSA) is 95.5 Å². The van der Waals surface area contributed by atoms with Gasteiger partial charge in [-0.25, -0.2) is 10.2 Å². The molecular formula is C28H28N2O6. The largest absolute Gasteiger partial charge is 0.493 e. The van der Waals surface area contributed by atoms with Crippen molar-refractivity contribution < 1.29 is 28.5 Å². The molecule has 0 aromatic heterocycles. The third-order valence-corrected chi connectivity index (χ3v) is 4.85. The fraction of sp³-hybridized carbons (Fsp3) is 0.179. The van der Waals surface area contributed by atoms with Crippen LogP contribution in [0.1, 0.15) is 28.4 Å². The normalized spacial score (nSPS) is 10.5. The summed E-state index contributed by atoms with van der Waals surface area (Å²) < 4.78 is 22.0. The Morgan fingerprint density at radius 1 is 0.944 bits per heavy atom. The summed E-state index contributed by atoms with van der Waals surface area (Å²) in [5.74, 6) is 0.716. The van der Waals surface area contributed by atoms with Gasteiger partial charge in [0.05, 0.1) is 25.5 Å². The molecule has 0 aliphatic heterocycles. The van der Waals surface area contributed by atoms with Gasteiger partial charge in [0, 0.05) is 0 Å². The first kappa shape index (κ1) is 26.0. The second-order valence-electron chi connectivity index (χ2n) is 7.45. The number of benzene rings is 3. The molecule has 0 aliphatic carbocycles. The van der Waals surface area contributed by atoms with E-state index in [9.17, 15) is 9.59 Å². The van der Waals surface area contributed by atoms with Gasteiger partial charge in [0.1, 0.15) is 0 Å². The van der Waals surface area contributed by atoms with E-state index in [1.165, 1.54) is 13.3 Å². The van der Waals surface area contributed by atoms with E-state index in [-0.39, 0.29) is 12.4 Å². The van der Waals surface area contributed by atoms with Crippen molar-refractivity contribution >= 4 is 18.1 Å². The molecule has 0 spiro atoms. The average Bonchev–Trinajstić information content (AvgIpc) is 2.90. The summed E-state index contributed by atoms with van der Waals surface area (Å²) in [4.78, 5) is 24.5. The highest BCUT2D eigenvalue weighted by atomic mass is 16.6. The third-order valence-electron chi connectivity index (χ3n) is 4.85. The highest BCUT2D eigenvalue weighted by molar-refractivity contribution is 5.91. The zero-order valence-corrected chi connectivity index (χ0v) is 20.2. The number of carbonyl (C=O) groups excluding carboxylic acids is 2. The molecule has 186 valence electrons. The van der Waals surface area contributed by atoms with E-state index in [0.717, 1.165) is 5.56 Å². The predicted octanol–water partition coefficient (Wildman–Crippen LogP) is 4.57. The van der Waals surface area contributed by atoms with Gasteiger partial charge in [-0.2, -0.15) is 5.10 Å². The number of rotatable bonds is 12. The highest BCUT2D eigenvalue weighted by Crippen LogP contribution is 2.29. The lowest BCUT2D eigenvalue weighted by Gasteiger charge is -2.11. The first-order valence-corrected chi connectivity index (χ1v) is 11.3. The fourth-order valence-corrected chi connectivity index (χ4v) is 3.17. The number of amides is 1. The molecule has 3 rings (SSSR count). The quantitative estimate of drug-likeness (QED) is 0.132. The Morgan fingerprint density at radius 3 is 2.44 bits per heavy atom. The Balaban J connectivity index is 1.58. The first-order valence-electron chi connectivity index (χ1n) is 11.3. The molecule has 0 heterocycles. The van der Waals surface area contributed by atoms with E-state index >= 15 is 0 Å². The molecule has 0 aliphatic rings. The van der Waals surface area contributed by atoms with E-state index in [1.807, 2.05) is 25.1 Å². The standard InChI is InChI=1S/C28H28N2O6/c1-4-9-20-12-14-23(25(16-20)33-3)35-19-27(31)30-29-18-21-13-15-24(26(17-21)34-5-2)36-28(32)22-10-7-6-8-11-22/h4,6-8,10-18H,1,5,9,19H2,2-3H3,(H,30,31). The van der Waals surface area contributed by atoms with Crippen LogP contribution in [0.5, 0.6) is 23.0 Å². The summed E-state index contributed by atoms with van der Waals surface area (Å²) in [6.45, 7) is 5.68. The molecule has 3 aromatic carbocycles. The van der Waals surface area contributed by atoms with E-state index in [2.05, 4.69) is 17.1 Å². The maximum atomic E-state index is 12.4. The Kier molecular flexibility index (Phi) is 9.64. The number of carbonyl (C=O) groups is 2. The van der Waals surface area contributed by atoms with Crippen LogP contribution >= 0.6 is 0 Å². The number of nitrogens with zero attached hydrogens (tertiary/aromatic N) is 1. The third kappa shape index (κ3) is 7.46. The smallest absolute Gasteiger partial charge is 0.343 e. The Hall–Kier alpha value is -4.59. The van der Waals surface area contributed by atoms with E-state index < -0.39 is 11.9 Å². The Labute approximate surface area is 210 Å². The van der Waals surface area contributed by atoms with Gasteiger partial charge >= 0.3 is 5.97 Å². The molecule has 3 aromatic rings. The molecule has 0 radical (unpaired) electrons. The monoisotopic (exact) mass is 488 g/mol. The lowest BCUT2D eigenvalue weighted by atomic mass is 10.1. The van der Waals surface area contributed by atoms with Crippen LogP contribution < -0.4 is 24.4 Å². The molecule has 0 saturated heterocycles. The second-order valence-corrected chi connectivity index (χ2v) is 7.45. The SMILES string of the molecule is C=CCc1ccc(OCC(=O)NN=Cc2ccc(OC(=O)c3ccccc3)c(OCC)c2)c(OC)c1. The minimum atomic E-state index is -0.489. The molecule has 0 fully saturated rings. The molecular weight excluding hydrogens is 460 g/mol. The summed E-state index contributed by atoms with van der Waals surface area (Å²) in [7, 11) is 1.54. The van der Waals surface area contributed by atoms with Crippen LogP contribution in [-0.4, -0.2) is 38.4 Å². The lowest BCUT2D eigenvalue weighted by Crippen LogP contribution is -2.24. The van der Waals surface area contributed by atoms with Gasteiger partial charge in [-0.05, 0) is 66.9 Å². The van der Waals surface area contributed by atoms with Crippen molar-refractivity contribution in [2.45, 2.75) is 13.3 Å². The van der Waals surface area contributed by atoms with Crippen LogP contribution in [-0.2, 0) is 11.2 Å². The van der Waals surface area contributed by atoms with Crippen molar-refractivity contribution in [1.29, 1.82) is 0 Å². The molecule has 8 heteroatoms. The maximum Gasteiger partial charge on any atom is 0.343 e. The number of allylic oxidation sites excluding steroid dienone is 1. The van der Waals surface area contributed by atoms with Crippen LogP contribution in [0.25, 0.3) is 0 Å². The van der Waals surface area contributed by atoms with Crippen molar-refractivity contribution in [3.05, 3.63) is 96.1 Å². The van der Waals surface area contributed by atoms with Crippen LogP contribution in [0.4, 0.5) is 0 Å². The minimum absolute atomic E-state index is 0.243. The molecule has 0 unspecified atom stereocenters. The predicted molar refractivity (Wildman–Crippen MR) is 137 cm³/mol. The summed E-state index contributed by atoms with van der Waals surface area (Å²) in [5.41, 5.74) is 4.51.